The average Bonchev–Trinajstić information content (AvgIpc) is 3.22. The van der Waals surface area contributed by atoms with Crippen molar-refractivity contribution in [2.45, 2.75) is 58.8 Å². The number of ether oxygens (including phenoxy) is 4. The number of carbonyl (C=O) groups is 4. The Bertz CT molecular complexity index is 880. The number of benzene rings is 1. The minimum absolute atomic E-state index is 0.223. The minimum atomic E-state index is -0.790. The largest absolute Gasteiger partial charge is 0.528 e. The van der Waals surface area contributed by atoms with Crippen LogP contribution in [-0.2, 0) is 28.6 Å². The van der Waals surface area contributed by atoms with Crippen molar-refractivity contribution in [3.63, 3.8) is 0 Å². The van der Waals surface area contributed by atoms with Gasteiger partial charge in [0.1, 0.15) is 18.0 Å². The van der Waals surface area contributed by atoms with Crippen LogP contribution in [0.4, 0.5) is 4.79 Å². The maximum atomic E-state index is 12.6. The molecule has 1 aromatic rings. The van der Waals surface area contributed by atoms with Crippen LogP contribution in [0.3, 0.4) is 0 Å². The number of rotatable bonds is 11. The summed E-state index contributed by atoms with van der Waals surface area (Å²) in [5.41, 5.74) is -0.272. The Morgan fingerprint density at radius 1 is 1.11 bits per heavy atom. The smallest absolute Gasteiger partial charge is 0.482 e. The van der Waals surface area contributed by atoms with Gasteiger partial charge in [-0.05, 0) is 65.3 Å². The summed E-state index contributed by atoms with van der Waals surface area (Å²) in [4.78, 5) is 53.1. The molecule has 0 bridgehead atoms. The summed E-state index contributed by atoms with van der Waals surface area (Å²) in [5.74, 6) is -0.784. The molecule has 1 N–H and O–H groups in total. The third-order valence-electron chi connectivity index (χ3n) is 4.72. The first-order valence-electron chi connectivity index (χ1n) is 11.5. The van der Waals surface area contributed by atoms with Gasteiger partial charge in [-0.2, -0.15) is 0 Å². The number of esters is 1. The Balaban J connectivity index is 1.71. The standard InChI is InChI=1S/C24H34N2O9/c1-6-31-21(28)15-33-18-9-7-17(8-10-18)22(29)16(2)25-20(27)14-32-19-11-12-26(13-19)35-23(30)34-24(3,4)5/h7-10,16,19H,6,11-15H2,1-5H3,(H,25,27)/t16-,19+/m0/s1. The number of hydrogen-bond donors (Lipinski definition) is 1. The van der Waals surface area contributed by atoms with Crippen LogP contribution in [-0.4, -0.2) is 79.5 Å². The summed E-state index contributed by atoms with van der Waals surface area (Å²) < 4.78 is 20.8. The lowest BCUT2D eigenvalue weighted by molar-refractivity contribution is -0.145. The number of nitrogens with zero attached hydrogens (tertiary/aromatic N) is 1. The number of hydroxylamine groups is 2. The van der Waals surface area contributed by atoms with Crippen LogP contribution in [0.1, 0.15) is 51.4 Å². The highest BCUT2D eigenvalue weighted by Crippen LogP contribution is 2.16. The van der Waals surface area contributed by atoms with Gasteiger partial charge in [0.15, 0.2) is 12.4 Å². The van der Waals surface area contributed by atoms with Crippen molar-refractivity contribution in [1.82, 2.24) is 10.4 Å². The number of hydrogen-bond acceptors (Lipinski definition) is 10. The number of amides is 1. The van der Waals surface area contributed by atoms with Gasteiger partial charge in [0, 0.05) is 12.1 Å². The lowest BCUT2D eigenvalue weighted by Gasteiger charge is -2.21. The number of nitrogens with one attached hydrogen (secondary N) is 1. The molecule has 2 rings (SSSR count). The first-order chi connectivity index (χ1) is 16.5. The van der Waals surface area contributed by atoms with E-state index in [2.05, 4.69) is 5.32 Å². The Morgan fingerprint density at radius 3 is 2.43 bits per heavy atom. The molecule has 1 aliphatic heterocycles. The van der Waals surface area contributed by atoms with Crippen LogP contribution in [0.5, 0.6) is 5.75 Å². The Morgan fingerprint density at radius 2 is 1.80 bits per heavy atom. The molecular weight excluding hydrogens is 460 g/mol. The molecule has 1 saturated heterocycles. The maximum absolute atomic E-state index is 12.6. The van der Waals surface area contributed by atoms with E-state index < -0.39 is 29.7 Å². The lowest BCUT2D eigenvalue weighted by Crippen LogP contribution is -2.41. The molecule has 1 aliphatic rings. The lowest BCUT2D eigenvalue weighted by atomic mass is 10.1. The molecule has 0 radical (unpaired) electrons. The molecule has 0 spiro atoms. The summed E-state index contributed by atoms with van der Waals surface area (Å²) in [6.07, 6.45) is -0.507. The second-order valence-electron chi connectivity index (χ2n) is 8.94. The van der Waals surface area contributed by atoms with E-state index in [-0.39, 0.29) is 31.7 Å². The average molecular weight is 495 g/mol. The number of carbonyl (C=O) groups excluding carboxylic acids is 4. The van der Waals surface area contributed by atoms with Crippen LogP contribution in [0, 0.1) is 0 Å². The topological polar surface area (TPSA) is 130 Å². The van der Waals surface area contributed by atoms with E-state index in [4.69, 9.17) is 23.8 Å². The third-order valence-corrected chi connectivity index (χ3v) is 4.72. The second-order valence-corrected chi connectivity index (χ2v) is 8.94. The van der Waals surface area contributed by atoms with Crippen molar-refractivity contribution in [2.24, 2.45) is 0 Å². The molecule has 11 nitrogen and oxygen atoms in total. The SMILES string of the molecule is CCOC(=O)COc1ccc(C(=O)[C@H](C)NC(=O)CO[C@@H]2CCN(OC(=O)OC(C)(C)C)C2)cc1. The highest BCUT2D eigenvalue weighted by molar-refractivity contribution is 6.01. The Labute approximate surface area is 204 Å². The molecule has 194 valence electrons. The predicted octanol–water partition coefficient (Wildman–Crippen LogP) is 2.27. The first-order valence-corrected chi connectivity index (χ1v) is 11.5. The van der Waals surface area contributed by atoms with Gasteiger partial charge in [0.05, 0.1) is 25.3 Å². The van der Waals surface area contributed by atoms with Crippen molar-refractivity contribution in [3.05, 3.63) is 29.8 Å². The summed E-state index contributed by atoms with van der Waals surface area (Å²) in [6, 6.07) is 5.47. The van der Waals surface area contributed by atoms with E-state index in [1.165, 1.54) is 5.06 Å². The molecular formula is C24H34N2O9. The fourth-order valence-corrected chi connectivity index (χ4v) is 3.14. The van der Waals surface area contributed by atoms with Gasteiger partial charge in [-0.25, -0.2) is 9.59 Å². The zero-order chi connectivity index (χ0) is 26.0. The van der Waals surface area contributed by atoms with Crippen molar-refractivity contribution in [2.75, 3.05) is 32.9 Å². The van der Waals surface area contributed by atoms with Crippen molar-refractivity contribution in [1.29, 1.82) is 0 Å². The summed E-state index contributed by atoms with van der Waals surface area (Å²) in [7, 11) is 0. The van der Waals surface area contributed by atoms with Crippen LogP contribution in [0.15, 0.2) is 24.3 Å². The van der Waals surface area contributed by atoms with E-state index in [0.29, 0.717) is 30.8 Å². The van der Waals surface area contributed by atoms with Crippen LogP contribution < -0.4 is 10.1 Å². The molecule has 1 amide bonds. The molecule has 35 heavy (non-hydrogen) atoms. The molecule has 0 aliphatic carbocycles. The van der Waals surface area contributed by atoms with Gasteiger partial charge in [0.2, 0.25) is 5.91 Å². The molecule has 1 heterocycles. The summed E-state index contributed by atoms with van der Waals surface area (Å²) in [6.45, 7) is 9.10. The highest BCUT2D eigenvalue weighted by Gasteiger charge is 2.29. The number of Topliss-reactive ketones (excluding diaryl/α,β-unsaturated/α-hetero) is 1. The van der Waals surface area contributed by atoms with Gasteiger partial charge in [-0.1, -0.05) is 0 Å². The molecule has 0 saturated carbocycles. The molecule has 0 aromatic heterocycles. The van der Waals surface area contributed by atoms with E-state index in [0.717, 1.165) is 0 Å². The second kappa shape index (κ2) is 13.1. The minimum Gasteiger partial charge on any atom is -0.482 e. The van der Waals surface area contributed by atoms with E-state index >= 15 is 0 Å². The van der Waals surface area contributed by atoms with Crippen molar-refractivity contribution >= 4 is 23.8 Å². The molecule has 0 unspecified atom stereocenters. The van der Waals surface area contributed by atoms with E-state index in [1.54, 1.807) is 58.9 Å². The van der Waals surface area contributed by atoms with Gasteiger partial charge < -0.3 is 29.1 Å². The maximum Gasteiger partial charge on any atom is 0.528 e. The van der Waals surface area contributed by atoms with Gasteiger partial charge in [-0.15, -0.1) is 5.06 Å². The molecule has 2 atom stereocenters. The van der Waals surface area contributed by atoms with Crippen LogP contribution >= 0.6 is 0 Å². The fraction of sp³-hybridized carbons (Fsp3) is 0.583. The van der Waals surface area contributed by atoms with Crippen LogP contribution in [0.2, 0.25) is 0 Å². The van der Waals surface area contributed by atoms with Crippen molar-refractivity contribution in [3.8, 4) is 5.75 Å². The Hall–Kier alpha value is -3.18. The summed E-state index contributed by atoms with van der Waals surface area (Å²) in [5, 5.41) is 4.05. The van der Waals surface area contributed by atoms with Gasteiger partial charge in [0.25, 0.3) is 0 Å². The van der Waals surface area contributed by atoms with Gasteiger partial charge >= 0.3 is 12.1 Å². The monoisotopic (exact) mass is 494 g/mol. The first kappa shape index (κ1) is 28.1. The van der Waals surface area contributed by atoms with E-state index in [9.17, 15) is 19.2 Å². The highest BCUT2D eigenvalue weighted by atomic mass is 16.8. The van der Waals surface area contributed by atoms with E-state index in [1.807, 2.05) is 0 Å². The zero-order valence-electron chi connectivity index (χ0n) is 20.8. The number of ketones is 1. The van der Waals surface area contributed by atoms with Gasteiger partial charge in [-0.3, -0.25) is 9.59 Å². The normalized spacial score (nSPS) is 16.8. The predicted molar refractivity (Wildman–Crippen MR) is 124 cm³/mol. The summed E-state index contributed by atoms with van der Waals surface area (Å²) >= 11 is 0. The third kappa shape index (κ3) is 10.3. The zero-order valence-corrected chi connectivity index (χ0v) is 20.8. The molecule has 11 heteroatoms. The quantitative estimate of drug-likeness (QED) is 0.361. The Kier molecular flexibility index (Phi) is 10.5. The van der Waals surface area contributed by atoms with Crippen LogP contribution in [0.25, 0.3) is 0 Å². The van der Waals surface area contributed by atoms with Crippen molar-refractivity contribution < 1.29 is 43.0 Å². The fourth-order valence-electron chi connectivity index (χ4n) is 3.14. The molecule has 1 fully saturated rings. The molecule has 1 aromatic carbocycles.